The number of thioether (sulfide) groups is 2. The van der Waals surface area contributed by atoms with E-state index < -0.39 is 0 Å². The topological polar surface area (TPSA) is 40.6 Å². The van der Waals surface area contributed by atoms with Gasteiger partial charge in [0.15, 0.2) is 0 Å². The van der Waals surface area contributed by atoms with Crippen LogP contribution in [-0.4, -0.2) is 47.0 Å². The monoisotopic (exact) mass is 348 g/mol. The van der Waals surface area contributed by atoms with Crippen LogP contribution in [0.2, 0.25) is 0 Å². The summed E-state index contributed by atoms with van der Waals surface area (Å²) in [5.74, 6) is -0.167. The molecule has 0 aliphatic carbocycles. The average Bonchev–Trinajstić information content (AvgIpc) is 2.84. The summed E-state index contributed by atoms with van der Waals surface area (Å²) in [6, 6.07) is 8.00. The summed E-state index contributed by atoms with van der Waals surface area (Å²) in [5.41, 5.74) is 0.950. The van der Waals surface area contributed by atoms with E-state index >= 15 is 0 Å². The Morgan fingerprint density at radius 2 is 1.83 bits per heavy atom. The number of likely N-dealkylation sites (tertiary alicyclic amines) is 1. The molecule has 1 aromatic rings. The number of imide groups is 1. The lowest BCUT2D eigenvalue weighted by atomic mass is 10.1. The molecular weight excluding hydrogens is 328 g/mol. The minimum atomic E-state index is -0.167. The highest BCUT2D eigenvalue weighted by Gasteiger charge is 2.36. The molecule has 0 radical (unpaired) electrons. The van der Waals surface area contributed by atoms with Gasteiger partial charge in [0.1, 0.15) is 0 Å². The molecule has 1 aromatic carbocycles. The summed E-state index contributed by atoms with van der Waals surface area (Å²) in [6.45, 7) is 2.36. The van der Waals surface area contributed by atoms with Gasteiger partial charge in [-0.25, -0.2) is 0 Å². The summed E-state index contributed by atoms with van der Waals surface area (Å²) in [7, 11) is 0. The molecule has 0 bridgehead atoms. The molecule has 2 aliphatic heterocycles. The van der Waals surface area contributed by atoms with E-state index in [1.807, 2.05) is 36.6 Å². The maximum absolute atomic E-state index is 12.5. The standard InChI is InChI=1S/C17H20N2O2S2/c1-22-14-7-5-13(6-8-14)11-15-16(20)19(17(21)23-15)12-18-9-3-2-4-10-18/h5-8,11H,2-4,9-10,12H2,1H3. The van der Waals surface area contributed by atoms with Crippen LogP contribution in [0.3, 0.4) is 0 Å². The van der Waals surface area contributed by atoms with Gasteiger partial charge in [0.05, 0.1) is 11.6 Å². The first-order valence-electron chi connectivity index (χ1n) is 7.79. The van der Waals surface area contributed by atoms with Crippen LogP contribution in [0.4, 0.5) is 4.79 Å². The highest BCUT2D eigenvalue weighted by molar-refractivity contribution is 8.18. The third kappa shape index (κ3) is 4.00. The molecule has 0 atom stereocenters. The third-order valence-corrected chi connectivity index (χ3v) is 5.73. The van der Waals surface area contributed by atoms with Gasteiger partial charge in [-0.1, -0.05) is 18.6 Å². The summed E-state index contributed by atoms with van der Waals surface area (Å²) >= 11 is 2.72. The molecule has 122 valence electrons. The van der Waals surface area contributed by atoms with Crippen molar-refractivity contribution in [1.29, 1.82) is 0 Å². The van der Waals surface area contributed by atoms with Gasteiger partial charge in [-0.15, -0.1) is 11.8 Å². The predicted molar refractivity (Wildman–Crippen MR) is 96.3 cm³/mol. The first-order chi connectivity index (χ1) is 11.2. The van der Waals surface area contributed by atoms with Crippen LogP contribution in [0.5, 0.6) is 0 Å². The van der Waals surface area contributed by atoms with E-state index in [9.17, 15) is 9.59 Å². The normalized spacial score (nSPS) is 21.4. The molecule has 23 heavy (non-hydrogen) atoms. The molecule has 0 spiro atoms. The van der Waals surface area contributed by atoms with E-state index in [0.29, 0.717) is 11.6 Å². The highest BCUT2D eigenvalue weighted by Crippen LogP contribution is 2.32. The quantitative estimate of drug-likeness (QED) is 0.610. The molecule has 2 aliphatic rings. The molecule has 0 N–H and O–H groups in total. The van der Waals surface area contributed by atoms with Crippen molar-refractivity contribution in [1.82, 2.24) is 9.80 Å². The lowest BCUT2D eigenvalue weighted by Gasteiger charge is -2.29. The molecule has 0 saturated carbocycles. The number of carbonyl (C=O) groups is 2. The SMILES string of the molecule is CSc1ccc(C=C2SC(=O)N(CN3CCCCC3)C2=O)cc1. The zero-order valence-electron chi connectivity index (χ0n) is 13.2. The van der Waals surface area contributed by atoms with Gasteiger partial charge in [-0.2, -0.15) is 0 Å². The number of rotatable bonds is 4. The minimum Gasteiger partial charge on any atom is -0.286 e. The van der Waals surface area contributed by atoms with Crippen molar-refractivity contribution >= 4 is 40.7 Å². The molecule has 0 unspecified atom stereocenters. The van der Waals surface area contributed by atoms with E-state index in [2.05, 4.69) is 4.90 Å². The second kappa shape index (κ2) is 7.55. The van der Waals surface area contributed by atoms with Crippen molar-refractivity contribution in [2.24, 2.45) is 0 Å². The van der Waals surface area contributed by atoms with Gasteiger partial charge in [0.25, 0.3) is 11.1 Å². The van der Waals surface area contributed by atoms with Gasteiger partial charge >= 0.3 is 0 Å². The van der Waals surface area contributed by atoms with E-state index in [1.165, 1.54) is 16.2 Å². The molecule has 2 saturated heterocycles. The molecule has 3 rings (SSSR count). The van der Waals surface area contributed by atoms with E-state index in [-0.39, 0.29) is 11.1 Å². The molecule has 6 heteroatoms. The number of hydrogen-bond acceptors (Lipinski definition) is 5. The maximum Gasteiger partial charge on any atom is 0.294 e. The number of amides is 2. The third-order valence-electron chi connectivity index (χ3n) is 4.08. The van der Waals surface area contributed by atoms with E-state index in [0.717, 1.165) is 43.3 Å². The fraction of sp³-hybridized carbons (Fsp3) is 0.412. The van der Waals surface area contributed by atoms with Crippen LogP contribution in [-0.2, 0) is 4.79 Å². The Labute approximate surface area is 145 Å². The van der Waals surface area contributed by atoms with Crippen molar-refractivity contribution in [3.63, 3.8) is 0 Å². The summed E-state index contributed by atoms with van der Waals surface area (Å²) in [6.07, 6.45) is 7.37. The fourth-order valence-electron chi connectivity index (χ4n) is 2.77. The summed E-state index contributed by atoms with van der Waals surface area (Å²) in [4.78, 5) is 29.9. The number of piperidine rings is 1. The van der Waals surface area contributed by atoms with Gasteiger partial charge in [-0.05, 0) is 67.7 Å². The number of carbonyl (C=O) groups excluding carboxylic acids is 2. The average molecular weight is 348 g/mol. The van der Waals surface area contributed by atoms with Crippen molar-refractivity contribution in [2.45, 2.75) is 24.2 Å². The number of benzene rings is 1. The Bertz CT molecular complexity index is 622. The first kappa shape index (κ1) is 16.6. The zero-order valence-corrected chi connectivity index (χ0v) is 14.8. The minimum absolute atomic E-state index is 0.160. The largest absolute Gasteiger partial charge is 0.294 e. The summed E-state index contributed by atoms with van der Waals surface area (Å²) in [5, 5.41) is -0.160. The predicted octanol–water partition coefficient (Wildman–Crippen LogP) is 3.89. The van der Waals surface area contributed by atoms with Gasteiger partial charge in [0, 0.05) is 4.90 Å². The van der Waals surface area contributed by atoms with Gasteiger partial charge in [0.2, 0.25) is 0 Å². The zero-order chi connectivity index (χ0) is 16.2. The van der Waals surface area contributed by atoms with Crippen molar-refractivity contribution in [3.8, 4) is 0 Å². The lowest BCUT2D eigenvalue weighted by molar-refractivity contribution is -0.124. The Morgan fingerprint density at radius 3 is 2.48 bits per heavy atom. The molecule has 2 fully saturated rings. The molecule has 2 heterocycles. The molecule has 0 aromatic heterocycles. The van der Waals surface area contributed by atoms with Crippen molar-refractivity contribution in [3.05, 3.63) is 34.7 Å². The van der Waals surface area contributed by atoms with Crippen LogP contribution in [0.15, 0.2) is 34.1 Å². The van der Waals surface area contributed by atoms with Crippen LogP contribution < -0.4 is 0 Å². The van der Waals surface area contributed by atoms with Crippen molar-refractivity contribution in [2.75, 3.05) is 26.0 Å². The molecule has 4 nitrogen and oxygen atoms in total. The number of nitrogens with zero attached hydrogens (tertiary/aromatic N) is 2. The second-order valence-corrected chi connectivity index (χ2v) is 7.58. The fourth-order valence-corrected chi connectivity index (χ4v) is 4.01. The second-order valence-electron chi connectivity index (χ2n) is 5.70. The Hall–Kier alpha value is -1.24. The van der Waals surface area contributed by atoms with Crippen LogP contribution in [0.25, 0.3) is 6.08 Å². The van der Waals surface area contributed by atoms with E-state index in [1.54, 1.807) is 11.8 Å². The van der Waals surface area contributed by atoms with Crippen LogP contribution in [0.1, 0.15) is 24.8 Å². The highest BCUT2D eigenvalue weighted by atomic mass is 32.2. The molecular formula is C17H20N2O2S2. The smallest absolute Gasteiger partial charge is 0.286 e. The first-order valence-corrected chi connectivity index (χ1v) is 9.83. The molecule has 2 amide bonds. The van der Waals surface area contributed by atoms with E-state index in [4.69, 9.17) is 0 Å². The Morgan fingerprint density at radius 1 is 1.13 bits per heavy atom. The van der Waals surface area contributed by atoms with Gasteiger partial charge in [-0.3, -0.25) is 19.4 Å². The maximum atomic E-state index is 12.5. The van der Waals surface area contributed by atoms with Crippen LogP contribution in [0, 0.1) is 0 Å². The summed E-state index contributed by atoms with van der Waals surface area (Å²) < 4.78 is 0. The van der Waals surface area contributed by atoms with Crippen molar-refractivity contribution < 1.29 is 9.59 Å². The Balaban J connectivity index is 1.70. The number of hydrogen-bond donors (Lipinski definition) is 0. The lowest BCUT2D eigenvalue weighted by Crippen LogP contribution is -2.42. The van der Waals surface area contributed by atoms with Crippen LogP contribution >= 0.6 is 23.5 Å². The Kier molecular flexibility index (Phi) is 5.46. The van der Waals surface area contributed by atoms with Gasteiger partial charge < -0.3 is 0 Å².